The summed E-state index contributed by atoms with van der Waals surface area (Å²) in [6.07, 6.45) is 0.748. The van der Waals surface area contributed by atoms with Crippen molar-refractivity contribution in [2.75, 3.05) is 13.1 Å². The second-order valence-electron chi connectivity index (χ2n) is 5.90. The Morgan fingerprint density at radius 1 is 1.17 bits per heavy atom. The van der Waals surface area contributed by atoms with E-state index in [2.05, 4.69) is 0 Å². The fourth-order valence-electron chi connectivity index (χ4n) is 3.22. The predicted molar refractivity (Wildman–Crippen MR) is 86.4 cm³/mol. The molecule has 1 aromatic carbocycles. The number of ketones is 1. The molecule has 1 spiro atoms. The first-order valence-corrected chi connectivity index (χ1v) is 9.67. The van der Waals surface area contributed by atoms with Crippen LogP contribution in [0, 0.1) is 0 Å². The fourth-order valence-corrected chi connectivity index (χ4v) is 5.88. The Kier molecular flexibility index (Phi) is 3.33. The first-order chi connectivity index (χ1) is 11.0. The van der Waals surface area contributed by atoms with Crippen molar-refractivity contribution in [2.24, 2.45) is 0 Å². The maximum Gasteiger partial charge on any atom is 0.252 e. The second-order valence-corrected chi connectivity index (χ2v) is 9.01. The van der Waals surface area contributed by atoms with Gasteiger partial charge >= 0.3 is 0 Å². The molecule has 0 N–H and O–H groups in total. The van der Waals surface area contributed by atoms with Gasteiger partial charge in [0.1, 0.15) is 15.6 Å². The highest BCUT2D eigenvalue weighted by Gasteiger charge is 2.49. The van der Waals surface area contributed by atoms with Crippen LogP contribution < -0.4 is 4.74 Å². The Hall–Kier alpha value is -1.70. The molecule has 5 nitrogen and oxygen atoms in total. The fraction of sp³-hybridized carbons (Fsp3) is 0.312. The number of hydrogen-bond acceptors (Lipinski definition) is 5. The SMILES string of the molecule is O=C1CC2(CCN(S(=O)(=O)c3cccs3)C2)Oc2ccccc21. The van der Waals surface area contributed by atoms with E-state index in [1.54, 1.807) is 35.7 Å². The van der Waals surface area contributed by atoms with Crippen molar-refractivity contribution in [1.29, 1.82) is 0 Å². The van der Waals surface area contributed by atoms with Gasteiger partial charge in [-0.2, -0.15) is 4.31 Å². The van der Waals surface area contributed by atoms with Gasteiger partial charge in [0.2, 0.25) is 0 Å². The molecule has 0 bridgehead atoms. The van der Waals surface area contributed by atoms with E-state index >= 15 is 0 Å². The number of fused-ring (bicyclic) bond motifs is 1. The van der Waals surface area contributed by atoms with E-state index in [0.717, 1.165) is 0 Å². The molecule has 1 atom stereocenters. The molecule has 0 saturated carbocycles. The molecule has 1 aromatic heterocycles. The lowest BCUT2D eigenvalue weighted by Gasteiger charge is -2.34. The Morgan fingerprint density at radius 3 is 2.78 bits per heavy atom. The van der Waals surface area contributed by atoms with Crippen molar-refractivity contribution in [3.05, 3.63) is 47.3 Å². The summed E-state index contributed by atoms with van der Waals surface area (Å²) in [6.45, 7) is 0.586. The van der Waals surface area contributed by atoms with Crippen LogP contribution in [0.25, 0.3) is 0 Å². The van der Waals surface area contributed by atoms with E-state index in [9.17, 15) is 13.2 Å². The van der Waals surface area contributed by atoms with Gasteiger partial charge in [-0.1, -0.05) is 18.2 Å². The highest BCUT2D eigenvalue weighted by Crippen LogP contribution is 2.40. The molecule has 0 aliphatic carbocycles. The highest BCUT2D eigenvalue weighted by molar-refractivity contribution is 7.91. The molecule has 120 valence electrons. The van der Waals surface area contributed by atoms with Gasteiger partial charge in [0, 0.05) is 13.0 Å². The van der Waals surface area contributed by atoms with Gasteiger partial charge in [0.15, 0.2) is 5.78 Å². The average molecular weight is 349 g/mol. The van der Waals surface area contributed by atoms with E-state index in [-0.39, 0.29) is 18.7 Å². The van der Waals surface area contributed by atoms with Crippen LogP contribution >= 0.6 is 11.3 Å². The molecule has 4 rings (SSSR count). The van der Waals surface area contributed by atoms with Crippen LogP contribution in [0.4, 0.5) is 0 Å². The molecule has 3 heterocycles. The van der Waals surface area contributed by atoms with Gasteiger partial charge in [-0.15, -0.1) is 11.3 Å². The Bertz CT molecular complexity index is 860. The molecular weight excluding hydrogens is 334 g/mol. The van der Waals surface area contributed by atoms with Gasteiger partial charge in [-0.05, 0) is 23.6 Å². The minimum atomic E-state index is -3.51. The molecule has 1 unspecified atom stereocenters. The standard InChI is InChI=1S/C16H15NO4S2/c18-13-10-16(21-14-5-2-1-4-12(13)14)7-8-17(11-16)23(19,20)15-6-3-9-22-15/h1-6,9H,7-8,10-11H2. The number of carbonyl (C=O) groups is 1. The van der Waals surface area contributed by atoms with Crippen molar-refractivity contribution < 1.29 is 17.9 Å². The topological polar surface area (TPSA) is 63.7 Å². The number of sulfonamides is 1. The van der Waals surface area contributed by atoms with Crippen molar-refractivity contribution >= 4 is 27.1 Å². The highest BCUT2D eigenvalue weighted by atomic mass is 32.2. The number of Topliss-reactive ketones (excluding diaryl/α,β-unsaturated/α-hetero) is 1. The zero-order chi connectivity index (χ0) is 16.1. The number of benzene rings is 1. The zero-order valence-corrected chi connectivity index (χ0v) is 13.9. The van der Waals surface area contributed by atoms with Gasteiger partial charge in [-0.25, -0.2) is 8.42 Å². The first kappa shape index (κ1) is 14.9. The first-order valence-electron chi connectivity index (χ1n) is 7.35. The van der Waals surface area contributed by atoms with Crippen LogP contribution in [0.2, 0.25) is 0 Å². The summed E-state index contributed by atoms with van der Waals surface area (Å²) < 4.78 is 33.1. The van der Waals surface area contributed by atoms with Crippen molar-refractivity contribution in [1.82, 2.24) is 4.31 Å². The monoisotopic (exact) mass is 349 g/mol. The van der Waals surface area contributed by atoms with Gasteiger partial charge in [0.05, 0.1) is 18.5 Å². The Labute approximate surface area is 138 Å². The molecule has 7 heteroatoms. The summed E-state index contributed by atoms with van der Waals surface area (Å²) in [6, 6.07) is 10.5. The second kappa shape index (κ2) is 5.15. The van der Waals surface area contributed by atoms with Crippen LogP contribution in [0.15, 0.2) is 46.0 Å². The van der Waals surface area contributed by atoms with Crippen molar-refractivity contribution in [3.63, 3.8) is 0 Å². The van der Waals surface area contributed by atoms with Crippen LogP contribution in [0.3, 0.4) is 0 Å². The summed E-state index contributed by atoms with van der Waals surface area (Å²) in [7, 11) is -3.51. The Balaban J connectivity index is 1.63. The molecular formula is C16H15NO4S2. The number of ether oxygens (including phenoxy) is 1. The number of hydrogen-bond donors (Lipinski definition) is 0. The minimum absolute atomic E-state index is 0.0159. The summed E-state index contributed by atoms with van der Waals surface area (Å²) in [4.78, 5) is 12.4. The average Bonchev–Trinajstić information content (AvgIpc) is 3.18. The lowest BCUT2D eigenvalue weighted by Crippen LogP contribution is -2.45. The van der Waals surface area contributed by atoms with Crippen LogP contribution in [-0.2, 0) is 10.0 Å². The number of carbonyl (C=O) groups excluding carboxylic acids is 1. The smallest absolute Gasteiger partial charge is 0.252 e. The van der Waals surface area contributed by atoms with E-state index in [4.69, 9.17) is 4.74 Å². The number of rotatable bonds is 2. The predicted octanol–water partition coefficient (Wildman–Crippen LogP) is 2.55. The molecule has 0 amide bonds. The lowest BCUT2D eigenvalue weighted by atomic mass is 9.89. The van der Waals surface area contributed by atoms with E-state index in [1.165, 1.54) is 15.6 Å². The van der Waals surface area contributed by atoms with Gasteiger partial charge < -0.3 is 4.74 Å². The Morgan fingerprint density at radius 2 is 2.00 bits per heavy atom. The summed E-state index contributed by atoms with van der Waals surface area (Å²) in [5, 5.41) is 1.75. The van der Waals surface area contributed by atoms with Gasteiger partial charge in [0.25, 0.3) is 10.0 Å². The molecule has 1 fully saturated rings. The largest absolute Gasteiger partial charge is 0.485 e. The van der Waals surface area contributed by atoms with Crippen LogP contribution in [-0.4, -0.2) is 37.2 Å². The van der Waals surface area contributed by atoms with E-state index in [1.807, 2.05) is 6.07 Å². The normalized spacial score (nSPS) is 24.6. The molecule has 23 heavy (non-hydrogen) atoms. The molecule has 0 radical (unpaired) electrons. The summed E-state index contributed by atoms with van der Waals surface area (Å²) in [5.41, 5.74) is -0.159. The van der Waals surface area contributed by atoms with Crippen LogP contribution in [0.1, 0.15) is 23.2 Å². The molecule has 2 aromatic rings. The molecule has 2 aliphatic heterocycles. The number of para-hydroxylation sites is 1. The molecule has 1 saturated heterocycles. The minimum Gasteiger partial charge on any atom is -0.485 e. The third-order valence-corrected chi connectivity index (χ3v) is 7.59. The van der Waals surface area contributed by atoms with E-state index < -0.39 is 15.6 Å². The van der Waals surface area contributed by atoms with Crippen LogP contribution in [0.5, 0.6) is 5.75 Å². The maximum atomic E-state index is 12.6. The zero-order valence-electron chi connectivity index (χ0n) is 12.3. The summed E-state index contributed by atoms with van der Waals surface area (Å²) in [5.74, 6) is 0.571. The van der Waals surface area contributed by atoms with Crippen molar-refractivity contribution in [2.45, 2.75) is 22.7 Å². The quantitative estimate of drug-likeness (QED) is 0.836. The summed E-state index contributed by atoms with van der Waals surface area (Å²) >= 11 is 1.20. The molecule has 2 aliphatic rings. The maximum absolute atomic E-state index is 12.6. The van der Waals surface area contributed by atoms with Crippen molar-refractivity contribution in [3.8, 4) is 5.75 Å². The third kappa shape index (κ3) is 2.39. The van der Waals surface area contributed by atoms with E-state index in [0.29, 0.717) is 28.5 Å². The van der Waals surface area contributed by atoms with Gasteiger partial charge in [-0.3, -0.25) is 4.79 Å². The number of nitrogens with zero attached hydrogens (tertiary/aromatic N) is 1. The third-order valence-electron chi connectivity index (χ3n) is 4.37. The number of thiophene rings is 1. The lowest BCUT2D eigenvalue weighted by molar-refractivity contribution is 0.0498.